The van der Waals surface area contributed by atoms with Gasteiger partial charge in [0.25, 0.3) is 0 Å². The third-order valence-corrected chi connectivity index (χ3v) is 11.7. The lowest BCUT2D eigenvalue weighted by atomic mass is 9.72. The largest absolute Gasteiger partial charge is 0.390 e. The smallest absolute Gasteiger partial charge is 0.126 e. The van der Waals surface area contributed by atoms with Crippen LogP contribution in [0.5, 0.6) is 0 Å². The molecule has 0 amide bonds. The summed E-state index contributed by atoms with van der Waals surface area (Å²) in [5, 5.41) is 25.7. The average molecular weight is 580 g/mol. The molecule has 3 N–H and O–H groups in total. The molecule has 3 aliphatic carbocycles. The Balaban J connectivity index is 1.26. The summed E-state index contributed by atoms with van der Waals surface area (Å²) in [4.78, 5) is 2.52. The van der Waals surface area contributed by atoms with Crippen molar-refractivity contribution in [2.45, 2.75) is 131 Å². The summed E-state index contributed by atoms with van der Waals surface area (Å²) in [6.07, 6.45) is 13.0. The molecule has 0 aromatic heterocycles. The number of nitrogens with zero attached hydrogens (tertiary/aromatic N) is 1. The molecule has 1 aliphatic heterocycles. The Morgan fingerprint density at radius 2 is 1.74 bits per heavy atom. The van der Waals surface area contributed by atoms with Crippen molar-refractivity contribution in [3.8, 4) is 0 Å². The van der Waals surface area contributed by atoms with Crippen LogP contribution in [-0.4, -0.2) is 83.3 Å². The molecular formula is C30H53Cl2FN2O3. The topological polar surface area (TPSA) is 65.0 Å². The van der Waals surface area contributed by atoms with Crippen LogP contribution in [0.2, 0.25) is 0 Å². The Morgan fingerprint density at radius 1 is 1.00 bits per heavy atom. The van der Waals surface area contributed by atoms with Gasteiger partial charge in [-0.25, -0.2) is 4.39 Å². The second-order valence-corrected chi connectivity index (χ2v) is 14.2. The number of nitrogens with one attached hydrogen (secondary N) is 1. The highest BCUT2D eigenvalue weighted by molar-refractivity contribution is 6.30. The Hall–Kier alpha value is 0.310. The van der Waals surface area contributed by atoms with E-state index in [0.717, 1.165) is 71.0 Å². The molecule has 0 aromatic carbocycles. The van der Waals surface area contributed by atoms with Gasteiger partial charge in [-0.15, -0.1) is 23.2 Å². The minimum atomic E-state index is -0.919. The maximum Gasteiger partial charge on any atom is 0.126 e. The second kappa shape index (κ2) is 15.0. The molecule has 1 saturated heterocycles. The van der Waals surface area contributed by atoms with Crippen LogP contribution < -0.4 is 5.32 Å². The number of piperidine rings is 1. The highest BCUT2D eigenvalue weighted by Gasteiger charge is 2.40. The molecule has 0 aromatic rings. The minimum absolute atomic E-state index is 0.0130. The van der Waals surface area contributed by atoms with Gasteiger partial charge in [0.2, 0.25) is 0 Å². The van der Waals surface area contributed by atoms with Crippen molar-refractivity contribution in [2.24, 2.45) is 23.7 Å². The maximum atomic E-state index is 14.3. The normalized spacial score (nSPS) is 37.1. The SMILES string of the molecule is COC1CCC(CNC(O)CC(CCN2CCC(O)(C3CCCCC3)CC2)C2CCC(Cl)C(Cl)C2)CC1F. The first-order valence-electron chi connectivity index (χ1n) is 15.6. The zero-order chi connectivity index (χ0) is 27.1. The van der Waals surface area contributed by atoms with E-state index in [4.69, 9.17) is 27.9 Å². The molecule has 4 aliphatic rings. The van der Waals surface area contributed by atoms with E-state index in [1.165, 1.54) is 32.1 Å². The van der Waals surface area contributed by atoms with Crippen LogP contribution in [0.3, 0.4) is 0 Å². The number of halogens is 3. The summed E-state index contributed by atoms with van der Waals surface area (Å²) in [5.41, 5.74) is -0.470. The van der Waals surface area contributed by atoms with E-state index in [1.807, 2.05) is 0 Å². The van der Waals surface area contributed by atoms with Crippen molar-refractivity contribution in [1.82, 2.24) is 10.2 Å². The number of hydrogen-bond donors (Lipinski definition) is 3. The third kappa shape index (κ3) is 8.66. The first kappa shape index (κ1) is 31.3. The van der Waals surface area contributed by atoms with Gasteiger partial charge in [0.15, 0.2) is 0 Å². The molecule has 1 heterocycles. The van der Waals surface area contributed by atoms with Gasteiger partial charge in [-0.3, -0.25) is 5.32 Å². The fourth-order valence-electron chi connectivity index (χ4n) is 7.94. The van der Waals surface area contributed by atoms with Crippen LogP contribution >= 0.6 is 23.2 Å². The molecule has 0 radical (unpaired) electrons. The van der Waals surface area contributed by atoms with Gasteiger partial charge in [-0.1, -0.05) is 19.3 Å². The number of likely N-dealkylation sites (tertiary alicyclic amines) is 1. The molecule has 0 bridgehead atoms. The third-order valence-electron chi connectivity index (χ3n) is 10.6. The molecule has 222 valence electrons. The average Bonchev–Trinajstić information content (AvgIpc) is 2.93. The molecule has 38 heavy (non-hydrogen) atoms. The fraction of sp³-hybridized carbons (Fsp3) is 1.00. The lowest BCUT2D eigenvalue weighted by molar-refractivity contribution is -0.0782. The Bertz CT molecular complexity index is 692. The minimum Gasteiger partial charge on any atom is -0.390 e. The van der Waals surface area contributed by atoms with Gasteiger partial charge in [0.1, 0.15) is 12.4 Å². The van der Waals surface area contributed by atoms with Crippen LogP contribution in [0.1, 0.15) is 96.3 Å². The lowest BCUT2D eigenvalue weighted by Crippen LogP contribution is -2.49. The van der Waals surface area contributed by atoms with Gasteiger partial charge >= 0.3 is 0 Å². The van der Waals surface area contributed by atoms with Gasteiger partial charge in [-0.05, 0) is 107 Å². The second-order valence-electron chi connectivity index (χ2n) is 13.1. The van der Waals surface area contributed by atoms with Crippen molar-refractivity contribution in [2.75, 3.05) is 33.3 Å². The number of hydrogen-bond acceptors (Lipinski definition) is 5. The number of alkyl halides is 3. The molecular weight excluding hydrogens is 526 g/mol. The number of aliphatic hydroxyl groups is 2. The van der Waals surface area contributed by atoms with E-state index in [9.17, 15) is 14.6 Å². The first-order valence-corrected chi connectivity index (χ1v) is 16.5. The number of ether oxygens (including phenoxy) is 1. The summed E-state index contributed by atoms with van der Waals surface area (Å²) in [6.45, 7) is 3.56. The van der Waals surface area contributed by atoms with E-state index in [1.54, 1.807) is 7.11 Å². The van der Waals surface area contributed by atoms with Gasteiger partial charge in [-0.2, -0.15) is 0 Å². The molecule has 8 atom stereocenters. The quantitative estimate of drug-likeness (QED) is 0.211. The monoisotopic (exact) mass is 578 g/mol. The summed E-state index contributed by atoms with van der Waals surface area (Å²) in [5.74, 6) is 1.54. The molecule has 5 nitrogen and oxygen atoms in total. The van der Waals surface area contributed by atoms with Gasteiger partial charge in [0, 0.05) is 32.1 Å². The molecule has 8 unspecified atom stereocenters. The standard InChI is InChI=1S/C30H53Cl2FN2O3/c1-38-28-10-7-21(17-27(28)33)20-34-29(36)19-23(22-8-9-25(31)26(32)18-22)11-14-35-15-12-30(37,13-16-35)24-5-3-2-4-6-24/h21-29,34,36-37H,2-20H2,1H3. The maximum absolute atomic E-state index is 14.3. The summed E-state index contributed by atoms with van der Waals surface area (Å²) in [6, 6.07) is 0. The van der Waals surface area contributed by atoms with Crippen LogP contribution in [0.4, 0.5) is 4.39 Å². The van der Waals surface area contributed by atoms with Gasteiger partial charge < -0.3 is 19.8 Å². The van der Waals surface area contributed by atoms with Gasteiger partial charge in [0.05, 0.1) is 17.1 Å². The van der Waals surface area contributed by atoms with Crippen LogP contribution in [-0.2, 0) is 4.74 Å². The van der Waals surface area contributed by atoms with E-state index in [-0.39, 0.29) is 22.8 Å². The molecule has 8 heteroatoms. The summed E-state index contributed by atoms with van der Waals surface area (Å²) in [7, 11) is 1.59. The Morgan fingerprint density at radius 3 is 2.39 bits per heavy atom. The molecule has 4 fully saturated rings. The number of methoxy groups -OCH3 is 1. The van der Waals surface area contributed by atoms with Crippen molar-refractivity contribution < 1.29 is 19.3 Å². The van der Waals surface area contributed by atoms with Crippen molar-refractivity contribution >= 4 is 23.2 Å². The fourth-order valence-corrected chi connectivity index (χ4v) is 8.52. The molecule has 3 saturated carbocycles. The number of aliphatic hydroxyl groups excluding tert-OH is 1. The zero-order valence-electron chi connectivity index (χ0n) is 23.5. The summed E-state index contributed by atoms with van der Waals surface area (Å²) >= 11 is 13.0. The number of rotatable bonds is 11. The summed E-state index contributed by atoms with van der Waals surface area (Å²) < 4.78 is 19.6. The Kier molecular flexibility index (Phi) is 12.3. The van der Waals surface area contributed by atoms with Crippen molar-refractivity contribution in [3.63, 3.8) is 0 Å². The molecule has 4 rings (SSSR count). The van der Waals surface area contributed by atoms with Crippen LogP contribution in [0, 0.1) is 23.7 Å². The van der Waals surface area contributed by atoms with Crippen LogP contribution in [0.15, 0.2) is 0 Å². The van der Waals surface area contributed by atoms with E-state index in [2.05, 4.69) is 10.2 Å². The zero-order valence-corrected chi connectivity index (χ0v) is 25.0. The highest BCUT2D eigenvalue weighted by atomic mass is 35.5. The first-order chi connectivity index (χ1) is 18.3. The lowest BCUT2D eigenvalue weighted by Gasteiger charge is -2.45. The Labute approximate surface area is 240 Å². The van der Waals surface area contributed by atoms with Crippen LogP contribution in [0.25, 0.3) is 0 Å². The van der Waals surface area contributed by atoms with Crippen molar-refractivity contribution in [1.29, 1.82) is 0 Å². The predicted molar refractivity (Wildman–Crippen MR) is 154 cm³/mol. The highest BCUT2D eigenvalue weighted by Crippen LogP contribution is 2.41. The van der Waals surface area contributed by atoms with E-state index < -0.39 is 18.0 Å². The molecule has 0 spiro atoms. The van der Waals surface area contributed by atoms with E-state index >= 15 is 0 Å². The predicted octanol–water partition coefficient (Wildman–Crippen LogP) is 5.87. The van der Waals surface area contributed by atoms with Crippen molar-refractivity contribution in [3.05, 3.63) is 0 Å². The van der Waals surface area contributed by atoms with E-state index in [0.29, 0.717) is 37.1 Å².